The van der Waals surface area contributed by atoms with Crippen molar-refractivity contribution in [2.45, 2.75) is 71.0 Å². The Hall–Kier alpha value is -3.39. The van der Waals surface area contributed by atoms with Gasteiger partial charge in [0.1, 0.15) is 0 Å². The van der Waals surface area contributed by atoms with Crippen molar-refractivity contribution in [1.29, 1.82) is 5.26 Å². The Balaban J connectivity index is 1.24. The van der Waals surface area contributed by atoms with Gasteiger partial charge in [-0.2, -0.15) is 5.26 Å². The molecule has 2 aliphatic heterocycles. The summed E-state index contributed by atoms with van der Waals surface area (Å²) in [6.45, 7) is 13.2. The van der Waals surface area contributed by atoms with Crippen molar-refractivity contribution in [3.63, 3.8) is 0 Å². The molecule has 2 fully saturated rings. The van der Waals surface area contributed by atoms with Crippen LogP contribution in [-0.2, 0) is 18.5 Å². The number of likely N-dealkylation sites (tertiary alicyclic amines) is 2. The molecule has 7 heteroatoms. The maximum absolute atomic E-state index is 9.31. The van der Waals surface area contributed by atoms with E-state index < -0.39 is 5.41 Å². The lowest BCUT2D eigenvalue weighted by atomic mass is 9.91. The van der Waals surface area contributed by atoms with Crippen LogP contribution in [0.4, 0.5) is 5.69 Å². The third-order valence-corrected chi connectivity index (χ3v) is 8.13. The van der Waals surface area contributed by atoms with Gasteiger partial charge in [0.25, 0.3) is 0 Å². The summed E-state index contributed by atoms with van der Waals surface area (Å²) in [4.78, 5) is 13.4. The lowest BCUT2D eigenvalue weighted by Crippen LogP contribution is -2.43. The van der Waals surface area contributed by atoms with E-state index in [1.807, 2.05) is 26.0 Å². The Bertz CT molecular complexity index is 1340. The number of aromatic nitrogens is 3. The fourth-order valence-corrected chi connectivity index (χ4v) is 5.81. The highest BCUT2D eigenvalue weighted by Crippen LogP contribution is 2.24. The van der Waals surface area contributed by atoms with Crippen molar-refractivity contribution in [2.75, 3.05) is 38.0 Å². The standard InChI is InChI=1S/C31H39N7/c1-4-38-27-10-7-9-24(22-36-19-14-26(15-20-36)37-17-5-6-18-37)30(27)35-29(38)11-8-16-33-25-12-13-28(34-21-25)31(2,3)23-32/h7,9-10,12-13,21,26,33H,4-6,14-20,22H2,1-3H3/p+1. The fraction of sp³-hybridized carbons (Fsp3) is 0.516. The number of H-pyrrole nitrogens is 1. The molecule has 0 bridgehead atoms. The zero-order chi connectivity index (χ0) is 26.5. The van der Waals surface area contributed by atoms with Gasteiger partial charge in [0.15, 0.2) is 11.0 Å². The molecular weight excluding hydrogens is 470 g/mol. The van der Waals surface area contributed by atoms with E-state index in [4.69, 9.17) is 0 Å². The van der Waals surface area contributed by atoms with Crippen molar-refractivity contribution in [3.8, 4) is 17.9 Å². The fourth-order valence-electron chi connectivity index (χ4n) is 5.81. The van der Waals surface area contributed by atoms with Crippen LogP contribution in [0.5, 0.6) is 0 Å². The number of aromatic amines is 1. The molecule has 38 heavy (non-hydrogen) atoms. The summed E-state index contributed by atoms with van der Waals surface area (Å²) < 4.78 is 2.27. The highest BCUT2D eigenvalue weighted by atomic mass is 15.2. The number of hydrogen-bond donors (Lipinski definition) is 2. The maximum atomic E-state index is 9.31. The quantitative estimate of drug-likeness (QED) is 0.368. The average Bonchev–Trinajstić information content (AvgIpc) is 3.60. The SMILES string of the molecule is CC[n+]1c(C#CCNc2ccc(C(C)(C)C#N)nc2)[nH]c2c(CN3CCC(N4CCCC4)CC3)cccc21. The van der Waals surface area contributed by atoms with Gasteiger partial charge in [-0.25, -0.2) is 9.55 Å². The Morgan fingerprint density at radius 2 is 1.92 bits per heavy atom. The minimum atomic E-state index is -0.593. The van der Waals surface area contributed by atoms with E-state index in [1.165, 1.54) is 68.5 Å². The minimum Gasteiger partial charge on any atom is -0.373 e. The van der Waals surface area contributed by atoms with Crippen molar-refractivity contribution < 1.29 is 4.57 Å². The van der Waals surface area contributed by atoms with Gasteiger partial charge in [0.2, 0.25) is 0 Å². The first-order valence-electron chi connectivity index (χ1n) is 14.1. The first-order valence-corrected chi connectivity index (χ1v) is 14.1. The second-order valence-corrected chi connectivity index (χ2v) is 11.1. The summed E-state index contributed by atoms with van der Waals surface area (Å²) in [6.07, 6.45) is 7.09. The van der Waals surface area contributed by atoms with Gasteiger partial charge in [-0.3, -0.25) is 9.88 Å². The smallest absolute Gasteiger partial charge is 0.333 e. The first kappa shape index (κ1) is 26.2. The summed E-state index contributed by atoms with van der Waals surface area (Å²) in [5, 5.41) is 12.6. The first-order chi connectivity index (χ1) is 18.5. The predicted octanol–water partition coefficient (Wildman–Crippen LogP) is 4.20. The number of piperidine rings is 1. The molecule has 2 aromatic heterocycles. The van der Waals surface area contributed by atoms with Crippen molar-refractivity contribution >= 4 is 16.7 Å². The van der Waals surface area contributed by atoms with Gasteiger partial charge < -0.3 is 10.2 Å². The Morgan fingerprint density at radius 1 is 1.13 bits per heavy atom. The van der Waals surface area contributed by atoms with E-state index in [0.717, 1.165) is 36.3 Å². The van der Waals surface area contributed by atoms with E-state index in [1.54, 1.807) is 6.20 Å². The van der Waals surface area contributed by atoms with Gasteiger partial charge in [0.05, 0.1) is 42.2 Å². The number of anilines is 1. The summed E-state index contributed by atoms with van der Waals surface area (Å²) in [5.41, 5.74) is 4.84. The number of fused-ring (bicyclic) bond motifs is 1. The average molecular weight is 511 g/mol. The van der Waals surface area contributed by atoms with Crippen LogP contribution in [-0.4, -0.2) is 58.5 Å². The molecule has 0 atom stereocenters. The molecule has 2 N–H and O–H groups in total. The van der Waals surface area contributed by atoms with Gasteiger partial charge >= 0.3 is 5.82 Å². The van der Waals surface area contributed by atoms with Gasteiger partial charge in [0, 0.05) is 24.1 Å². The molecule has 0 unspecified atom stereocenters. The molecule has 198 valence electrons. The lowest BCUT2D eigenvalue weighted by Gasteiger charge is -2.36. The molecule has 0 aliphatic carbocycles. The Morgan fingerprint density at radius 3 is 2.61 bits per heavy atom. The van der Waals surface area contributed by atoms with Crippen molar-refractivity contribution in [3.05, 3.63) is 53.6 Å². The predicted molar refractivity (Wildman–Crippen MR) is 152 cm³/mol. The highest BCUT2D eigenvalue weighted by molar-refractivity contribution is 5.76. The number of benzene rings is 1. The van der Waals surface area contributed by atoms with Crippen LogP contribution in [0.15, 0.2) is 36.5 Å². The van der Waals surface area contributed by atoms with Gasteiger partial charge in [-0.15, -0.1) is 0 Å². The molecule has 0 radical (unpaired) electrons. The number of nitriles is 1. The second kappa shape index (κ2) is 11.6. The number of rotatable bonds is 7. The van der Waals surface area contributed by atoms with Crippen molar-refractivity contribution in [2.24, 2.45) is 0 Å². The molecule has 7 nitrogen and oxygen atoms in total. The molecule has 2 saturated heterocycles. The summed E-state index contributed by atoms with van der Waals surface area (Å²) in [6, 6.07) is 13.6. The molecule has 5 rings (SSSR count). The van der Waals surface area contributed by atoms with E-state index in [0.29, 0.717) is 6.54 Å². The Labute approximate surface area is 226 Å². The lowest BCUT2D eigenvalue weighted by molar-refractivity contribution is -0.670. The van der Waals surface area contributed by atoms with Crippen LogP contribution in [0.25, 0.3) is 11.0 Å². The number of aryl methyl sites for hydroxylation is 1. The maximum Gasteiger partial charge on any atom is 0.333 e. The van der Waals surface area contributed by atoms with Crippen LogP contribution < -0.4 is 9.88 Å². The summed E-state index contributed by atoms with van der Waals surface area (Å²) in [7, 11) is 0. The van der Waals surface area contributed by atoms with E-state index >= 15 is 0 Å². The second-order valence-electron chi connectivity index (χ2n) is 11.1. The van der Waals surface area contributed by atoms with Crippen LogP contribution in [0, 0.1) is 23.2 Å². The molecule has 0 spiro atoms. The summed E-state index contributed by atoms with van der Waals surface area (Å²) in [5.74, 6) is 7.55. The van der Waals surface area contributed by atoms with E-state index in [9.17, 15) is 5.26 Å². The monoisotopic (exact) mass is 510 g/mol. The molecule has 0 saturated carbocycles. The van der Waals surface area contributed by atoms with Gasteiger partial charge in [-0.05, 0) is 90.8 Å². The highest BCUT2D eigenvalue weighted by Gasteiger charge is 2.27. The molecule has 1 aromatic carbocycles. The number of hydrogen-bond acceptors (Lipinski definition) is 5. The topological polar surface area (TPSA) is 74.9 Å². The number of para-hydroxylation sites is 1. The summed E-state index contributed by atoms with van der Waals surface area (Å²) >= 11 is 0. The third kappa shape index (κ3) is 5.70. The minimum absolute atomic E-state index is 0.514. The van der Waals surface area contributed by atoms with Crippen LogP contribution in [0.3, 0.4) is 0 Å². The molecule has 4 heterocycles. The van der Waals surface area contributed by atoms with Crippen LogP contribution in [0.2, 0.25) is 0 Å². The third-order valence-electron chi connectivity index (χ3n) is 8.13. The zero-order valence-electron chi connectivity index (χ0n) is 23.1. The molecule has 3 aromatic rings. The molecule has 0 amide bonds. The van der Waals surface area contributed by atoms with Gasteiger partial charge in [-0.1, -0.05) is 18.1 Å². The largest absolute Gasteiger partial charge is 0.373 e. The normalized spacial score (nSPS) is 17.3. The number of imidazole rings is 1. The van der Waals surface area contributed by atoms with E-state index in [2.05, 4.69) is 72.7 Å². The van der Waals surface area contributed by atoms with Crippen LogP contribution in [0.1, 0.15) is 63.5 Å². The zero-order valence-corrected chi connectivity index (χ0v) is 23.1. The Kier molecular flexibility index (Phi) is 7.98. The van der Waals surface area contributed by atoms with E-state index in [-0.39, 0.29) is 0 Å². The number of nitrogens with zero attached hydrogens (tertiary/aromatic N) is 5. The molecule has 2 aliphatic rings. The number of pyridine rings is 1. The van der Waals surface area contributed by atoms with Crippen LogP contribution >= 0.6 is 0 Å². The van der Waals surface area contributed by atoms with Crippen molar-refractivity contribution in [1.82, 2.24) is 19.8 Å². The number of nitrogens with one attached hydrogen (secondary N) is 2. The molecular formula is C31H40N7+.